The first-order chi connectivity index (χ1) is 18.0. The number of carbonyl (C=O) groups is 2. The SMILES string of the molecule is COCCCCCn1c(C(=O)N(CC(C)C)[C@@H]2CNC[C@H](C(=O)N3CCOCC3)C2)nc2ccccc21.Cl.Cl. The highest BCUT2D eigenvalue weighted by Gasteiger charge is 2.36. The zero-order valence-corrected chi connectivity index (χ0v) is 25.1. The molecule has 4 rings (SSSR count). The molecule has 1 aromatic carbocycles. The van der Waals surface area contributed by atoms with Crippen molar-refractivity contribution in [3.05, 3.63) is 30.1 Å². The third kappa shape index (κ3) is 8.54. The molecule has 2 fully saturated rings. The van der Waals surface area contributed by atoms with Gasteiger partial charge in [-0.2, -0.15) is 0 Å². The second-order valence-corrected chi connectivity index (χ2v) is 10.7. The number of rotatable bonds is 11. The number of imidazole rings is 1. The van der Waals surface area contributed by atoms with E-state index in [2.05, 4.69) is 23.7 Å². The van der Waals surface area contributed by atoms with Crippen LogP contribution in [0.2, 0.25) is 0 Å². The number of piperidine rings is 1. The standard InChI is InChI=1S/C28H43N5O4.2ClH/c1-21(2)20-33(23-17-22(18-29-19-23)27(34)31-12-15-37-16-13-31)28(35)26-30-24-9-5-6-10-25(24)32(26)11-7-4-8-14-36-3;;/h5-6,9-10,21-23,29H,4,7-8,11-20H2,1-3H3;2*1H/t22-,23+;;/m1../s1. The molecule has 2 saturated heterocycles. The van der Waals surface area contributed by atoms with Gasteiger partial charge in [-0.05, 0) is 43.7 Å². The molecule has 0 bridgehead atoms. The lowest BCUT2D eigenvalue weighted by atomic mass is 9.92. The van der Waals surface area contributed by atoms with Crippen LogP contribution in [0.1, 0.15) is 50.1 Å². The van der Waals surface area contributed by atoms with Crippen LogP contribution in [0, 0.1) is 11.8 Å². The van der Waals surface area contributed by atoms with Crippen LogP contribution in [0.4, 0.5) is 0 Å². The van der Waals surface area contributed by atoms with E-state index in [1.54, 1.807) is 7.11 Å². The van der Waals surface area contributed by atoms with Gasteiger partial charge in [0.2, 0.25) is 5.91 Å². The molecule has 0 saturated carbocycles. The first-order valence-corrected chi connectivity index (χ1v) is 13.8. The summed E-state index contributed by atoms with van der Waals surface area (Å²) in [5, 5.41) is 3.45. The Morgan fingerprint density at radius 2 is 1.87 bits per heavy atom. The molecular weight excluding hydrogens is 541 g/mol. The van der Waals surface area contributed by atoms with Crippen molar-refractivity contribution in [1.29, 1.82) is 0 Å². The number of hydrogen-bond donors (Lipinski definition) is 1. The lowest BCUT2D eigenvalue weighted by molar-refractivity contribution is -0.140. The first-order valence-electron chi connectivity index (χ1n) is 13.8. The van der Waals surface area contributed by atoms with E-state index in [0.717, 1.165) is 43.4 Å². The Morgan fingerprint density at radius 3 is 2.59 bits per heavy atom. The summed E-state index contributed by atoms with van der Waals surface area (Å²) in [6.45, 7) is 10.2. The van der Waals surface area contributed by atoms with Crippen molar-refractivity contribution in [3.8, 4) is 0 Å². The van der Waals surface area contributed by atoms with E-state index < -0.39 is 0 Å². The molecule has 39 heavy (non-hydrogen) atoms. The molecule has 3 heterocycles. The predicted octanol–water partition coefficient (Wildman–Crippen LogP) is 3.63. The summed E-state index contributed by atoms with van der Waals surface area (Å²) >= 11 is 0. The van der Waals surface area contributed by atoms with Gasteiger partial charge in [-0.3, -0.25) is 9.59 Å². The average molecular weight is 587 g/mol. The van der Waals surface area contributed by atoms with Gasteiger partial charge in [-0.15, -0.1) is 24.8 Å². The molecule has 0 spiro atoms. The highest BCUT2D eigenvalue weighted by Crippen LogP contribution is 2.24. The third-order valence-electron chi connectivity index (χ3n) is 7.34. The maximum Gasteiger partial charge on any atom is 0.290 e. The maximum atomic E-state index is 14.2. The number of benzene rings is 1. The smallest absolute Gasteiger partial charge is 0.290 e. The number of para-hydroxylation sites is 2. The van der Waals surface area contributed by atoms with Crippen molar-refractivity contribution < 1.29 is 19.1 Å². The molecule has 2 aliphatic rings. The molecule has 11 heteroatoms. The summed E-state index contributed by atoms with van der Waals surface area (Å²) in [7, 11) is 1.72. The topological polar surface area (TPSA) is 88.9 Å². The number of halogens is 2. The molecule has 2 amide bonds. The predicted molar refractivity (Wildman–Crippen MR) is 158 cm³/mol. The molecule has 1 N–H and O–H groups in total. The number of carbonyl (C=O) groups excluding carboxylic acids is 2. The molecule has 0 radical (unpaired) electrons. The van der Waals surface area contributed by atoms with Crippen LogP contribution in [0.15, 0.2) is 24.3 Å². The number of nitrogens with one attached hydrogen (secondary N) is 1. The van der Waals surface area contributed by atoms with Gasteiger partial charge in [0.05, 0.1) is 30.2 Å². The number of unbranched alkanes of at least 4 members (excludes halogenated alkanes) is 2. The summed E-state index contributed by atoms with van der Waals surface area (Å²) in [5.74, 6) is 0.772. The molecule has 0 aliphatic carbocycles. The van der Waals surface area contributed by atoms with Gasteiger partial charge in [-0.25, -0.2) is 4.98 Å². The fourth-order valence-corrected chi connectivity index (χ4v) is 5.46. The molecule has 2 aliphatic heterocycles. The minimum atomic E-state index is -0.140. The maximum absolute atomic E-state index is 14.2. The monoisotopic (exact) mass is 585 g/mol. The largest absolute Gasteiger partial charge is 0.385 e. The Bertz CT molecular complexity index is 1040. The van der Waals surface area contributed by atoms with Crippen LogP contribution >= 0.6 is 24.8 Å². The van der Waals surface area contributed by atoms with Crippen molar-refractivity contribution in [2.45, 2.75) is 52.1 Å². The minimum Gasteiger partial charge on any atom is -0.385 e. The molecule has 2 aromatic rings. The Kier molecular flexibility index (Phi) is 14.0. The zero-order chi connectivity index (χ0) is 26.2. The number of amides is 2. The fraction of sp³-hybridized carbons (Fsp3) is 0.679. The second kappa shape index (κ2) is 16.4. The van der Waals surface area contributed by atoms with Crippen LogP contribution in [-0.4, -0.2) is 96.9 Å². The van der Waals surface area contributed by atoms with Crippen molar-refractivity contribution in [2.24, 2.45) is 11.8 Å². The molecule has 9 nitrogen and oxygen atoms in total. The van der Waals surface area contributed by atoms with Crippen LogP contribution in [-0.2, 0) is 20.8 Å². The van der Waals surface area contributed by atoms with Crippen molar-refractivity contribution >= 4 is 47.7 Å². The Morgan fingerprint density at radius 1 is 1.13 bits per heavy atom. The van der Waals surface area contributed by atoms with Gasteiger partial charge < -0.3 is 29.2 Å². The van der Waals surface area contributed by atoms with Crippen molar-refractivity contribution in [1.82, 2.24) is 24.7 Å². The van der Waals surface area contributed by atoms with Gasteiger partial charge in [0.25, 0.3) is 5.91 Å². The van der Waals surface area contributed by atoms with Crippen molar-refractivity contribution in [3.63, 3.8) is 0 Å². The number of hydrogen-bond acceptors (Lipinski definition) is 6. The van der Waals surface area contributed by atoms with E-state index >= 15 is 0 Å². The molecule has 0 unspecified atom stereocenters. The van der Waals surface area contributed by atoms with E-state index in [4.69, 9.17) is 14.5 Å². The number of morpholine rings is 1. The number of fused-ring (bicyclic) bond motifs is 1. The summed E-state index contributed by atoms with van der Waals surface area (Å²) in [5.41, 5.74) is 1.83. The summed E-state index contributed by atoms with van der Waals surface area (Å²) in [6.07, 6.45) is 3.65. The number of aryl methyl sites for hydroxylation is 1. The van der Waals surface area contributed by atoms with E-state index in [0.29, 0.717) is 64.1 Å². The summed E-state index contributed by atoms with van der Waals surface area (Å²) in [6, 6.07) is 7.91. The molecule has 1 aromatic heterocycles. The molecule has 2 atom stereocenters. The van der Waals surface area contributed by atoms with Gasteiger partial charge in [0.15, 0.2) is 5.82 Å². The lowest BCUT2D eigenvalue weighted by Crippen LogP contribution is -2.56. The number of nitrogens with zero attached hydrogens (tertiary/aromatic N) is 4. The fourth-order valence-electron chi connectivity index (χ4n) is 5.46. The third-order valence-corrected chi connectivity index (χ3v) is 7.34. The average Bonchev–Trinajstić information content (AvgIpc) is 3.30. The van der Waals surface area contributed by atoms with E-state index in [1.165, 1.54) is 0 Å². The first kappa shape index (κ1) is 33.3. The number of ether oxygens (including phenoxy) is 2. The van der Waals surface area contributed by atoms with Gasteiger partial charge in [-0.1, -0.05) is 26.0 Å². The van der Waals surface area contributed by atoms with E-state index in [-0.39, 0.29) is 48.6 Å². The van der Waals surface area contributed by atoms with Gasteiger partial charge in [0.1, 0.15) is 0 Å². The minimum absolute atomic E-state index is 0. The quantitative estimate of drug-likeness (QED) is 0.405. The zero-order valence-electron chi connectivity index (χ0n) is 23.5. The van der Waals surface area contributed by atoms with Crippen LogP contribution in [0.3, 0.4) is 0 Å². The number of methoxy groups -OCH3 is 1. The normalized spacial score (nSPS) is 19.4. The van der Waals surface area contributed by atoms with E-state index in [9.17, 15) is 9.59 Å². The van der Waals surface area contributed by atoms with E-state index in [1.807, 2.05) is 34.1 Å². The summed E-state index contributed by atoms with van der Waals surface area (Å²) < 4.78 is 12.7. The number of aromatic nitrogens is 2. The molecule has 220 valence electrons. The van der Waals surface area contributed by atoms with Crippen LogP contribution in [0.25, 0.3) is 11.0 Å². The highest BCUT2D eigenvalue weighted by atomic mass is 35.5. The summed E-state index contributed by atoms with van der Waals surface area (Å²) in [4.78, 5) is 36.1. The van der Waals surface area contributed by atoms with Gasteiger partial charge in [0, 0.05) is 59.0 Å². The molecular formula is C28H45Cl2N5O4. The lowest BCUT2D eigenvalue weighted by Gasteiger charge is -2.40. The second-order valence-electron chi connectivity index (χ2n) is 10.7. The van der Waals surface area contributed by atoms with Gasteiger partial charge >= 0.3 is 0 Å². The van der Waals surface area contributed by atoms with Crippen LogP contribution in [0.5, 0.6) is 0 Å². The van der Waals surface area contributed by atoms with Crippen molar-refractivity contribution in [2.75, 3.05) is 59.7 Å². The highest BCUT2D eigenvalue weighted by molar-refractivity contribution is 5.95. The Balaban J connectivity index is 0.00000267. The Labute approximate surface area is 244 Å². The Hall–Kier alpha value is -1.91. The van der Waals surface area contributed by atoms with Crippen LogP contribution < -0.4 is 5.32 Å².